The molecule has 6 heteroatoms. The lowest BCUT2D eigenvalue weighted by molar-refractivity contribution is -0.134. The molecule has 1 fully saturated rings. The molecule has 1 unspecified atom stereocenters. The van der Waals surface area contributed by atoms with Gasteiger partial charge in [-0.05, 0) is 38.9 Å². The second-order valence-electron chi connectivity index (χ2n) is 5.67. The molecule has 1 aromatic rings. The lowest BCUT2D eigenvalue weighted by Gasteiger charge is -2.35. The zero-order chi connectivity index (χ0) is 17.5. The number of rotatable bonds is 4. The molecule has 0 heterocycles. The van der Waals surface area contributed by atoms with Crippen molar-refractivity contribution < 1.29 is 24.9 Å². The molecule has 0 aromatic heterocycles. The van der Waals surface area contributed by atoms with E-state index in [1.165, 1.54) is 0 Å². The van der Waals surface area contributed by atoms with Crippen molar-refractivity contribution >= 4 is 11.9 Å². The van der Waals surface area contributed by atoms with E-state index in [4.69, 9.17) is 10.2 Å². The molecule has 1 aliphatic carbocycles. The smallest absolute Gasteiger partial charge is 0.328 e. The van der Waals surface area contributed by atoms with Crippen LogP contribution in [-0.2, 0) is 15.2 Å². The Labute approximate surface area is 135 Å². The largest absolute Gasteiger partial charge is 0.478 e. The van der Waals surface area contributed by atoms with E-state index in [1.54, 1.807) is 0 Å². The van der Waals surface area contributed by atoms with Gasteiger partial charge < -0.3 is 20.2 Å². The van der Waals surface area contributed by atoms with Crippen LogP contribution in [0.25, 0.3) is 0 Å². The average molecular weight is 321 g/mol. The summed E-state index contributed by atoms with van der Waals surface area (Å²) < 4.78 is 0. The molecular formula is C17H23NO5. The lowest BCUT2D eigenvalue weighted by atomic mass is 9.88. The van der Waals surface area contributed by atoms with Gasteiger partial charge in [-0.15, -0.1) is 0 Å². The Hall–Kier alpha value is -2.18. The molecule has 0 radical (unpaired) electrons. The number of carboxylic acid groups (broad SMARTS) is 2. The second kappa shape index (κ2) is 8.45. The molecule has 1 aliphatic rings. The molecule has 0 aliphatic heterocycles. The fourth-order valence-corrected chi connectivity index (χ4v) is 2.86. The van der Waals surface area contributed by atoms with Gasteiger partial charge >= 0.3 is 11.9 Å². The zero-order valence-electron chi connectivity index (χ0n) is 13.3. The van der Waals surface area contributed by atoms with Gasteiger partial charge in [0.1, 0.15) is 5.60 Å². The summed E-state index contributed by atoms with van der Waals surface area (Å²) in [6.07, 6.45) is 4.18. The van der Waals surface area contributed by atoms with Crippen LogP contribution < -0.4 is 0 Å². The van der Waals surface area contributed by atoms with Crippen molar-refractivity contribution in [3.63, 3.8) is 0 Å². The molecule has 1 saturated carbocycles. The van der Waals surface area contributed by atoms with Gasteiger partial charge in [0.2, 0.25) is 0 Å². The van der Waals surface area contributed by atoms with Crippen LogP contribution in [0.2, 0.25) is 0 Å². The molecule has 2 atom stereocenters. The normalized spacial score (nSPS) is 23.6. The van der Waals surface area contributed by atoms with Crippen LogP contribution in [0.5, 0.6) is 0 Å². The van der Waals surface area contributed by atoms with E-state index in [2.05, 4.69) is 4.90 Å². The monoisotopic (exact) mass is 321 g/mol. The molecule has 0 bridgehead atoms. The van der Waals surface area contributed by atoms with E-state index in [0.717, 1.165) is 24.8 Å². The highest BCUT2D eigenvalue weighted by molar-refractivity contribution is 5.89. The van der Waals surface area contributed by atoms with Crippen molar-refractivity contribution in [2.75, 3.05) is 14.1 Å². The van der Waals surface area contributed by atoms with E-state index in [1.807, 2.05) is 44.4 Å². The highest BCUT2D eigenvalue weighted by Gasteiger charge is 2.43. The maximum absolute atomic E-state index is 10.8. The van der Waals surface area contributed by atoms with Crippen LogP contribution in [0, 0.1) is 0 Å². The van der Waals surface area contributed by atoms with Crippen LogP contribution in [0.4, 0.5) is 0 Å². The third-order valence-electron chi connectivity index (χ3n) is 3.85. The first-order valence-electron chi connectivity index (χ1n) is 7.35. The summed E-state index contributed by atoms with van der Waals surface area (Å²) in [5, 5.41) is 26.4. The first-order valence-corrected chi connectivity index (χ1v) is 7.35. The van der Waals surface area contributed by atoms with Gasteiger partial charge in [0.05, 0.1) is 0 Å². The minimum Gasteiger partial charge on any atom is -0.478 e. The molecular weight excluding hydrogens is 298 g/mol. The van der Waals surface area contributed by atoms with Crippen LogP contribution in [-0.4, -0.2) is 52.3 Å². The highest BCUT2D eigenvalue weighted by atomic mass is 16.4. The third kappa shape index (κ3) is 5.50. The molecule has 6 nitrogen and oxygen atoms in total. The minimum absolute atomic E-state index is 0.250. The number of hydrogen-bond acceptors (Lipinski definition) is 4. The number of aliphatic hydroxyl groups is 1. The maximum atomic E-state index is 10.8. The molecule has 2 rings (SSSR count). The summed E-state index contributed by atoms with van der Waals surface area (Å²) in [6, 6.07) is 10.3. The number of aliphatic carboxylic acids is 2. The number of nitrogens with zero attached hydrogens (tertiary/aromatic N) is 1. The number of likely N-dealkylation sites (N-methyl/N-ethyl adjacent to an activating group) is 1. The zero-order valence-corrected chi connectivity index (χ0v) is 13.3. The lowest BCUT2D eigenvalue weighted by Crippen LogP contribution is -2.43. The van der Waals surface area contributed by atoms with Gasteiger partial charge in [-0.2, -0.15) is 0 Å². The van der Waals surface area contributed by atoms with Crippen LogP contribution >= 0.6 is 0 Å². The third-order valence-corrected chi connectivity index (χ3v) is 3.85. The van der Waals surface area contributed by atoms with Gasteiger partial charge in [-0.1, -0.05) is 30.3 Å². The summed E-state index contributed by atoms with van der Waals surface area (Å²) >= 11 is 0. The standard InChI is InChI=1S/C13H19NO.C4H4O4/c1-14(2)12-9-6-10-13(12,15)11-7-4-3-5-8-11;5-3(6)1-2-4(7)8/h3-5,7-8,12,15H,6,9-10H2,1-2H3;1-2H,(H,5,6)(H,7,8)/b;2-1+/t12-,13?;/m0./s1. The van der Waals surface area contributed by atoms with Crippen molar-refractivity contribution in [2.45, 2.75) is 30.9 Å². The van der Waals surface area contributed by atoms with Crippen molar-refractivity contribution in [3.8, 4) is 0 Å². The van der Waals surface area contributed by atoms with Gasteiger partial charge in [0.15, 0.2) is 0 Å². The number of carboxylic acids is 2. The fourth-order valence-electron chi connectivity index (χ4n) is 2.86. The van der Waals surface area contributed by atoms with E-state index in [9.17, 15) is 14.7 Å². The number of hydrogen-bond donors (Lipinski definition) is 3. The molecule has 1 aromatic carbocycles. The Morgan fingerprint density at radius 3 is 2.09 bits per heavy atom. The Balaban J connectivity index is 0.000000284. The summed E-state index contributed by atoms with van der Waals surface area (Å²) in [4.78, 5) is 21.2. The molecule has 0 saturated heterocycles. The van der Waals surface area contributed by atoms with Crippen LogP contribution in [0.15, 0.2) is 42.5 Å². The number of benzene rings is 1. The van der Waals surface area contributed by atoms with Gasteiger partial charge in [0.25, 0.3) is 0 Å². The Bertz CT molecular complexity index is 539. The van der Waals surface area contributed by atoms with Crippen molar-refractivity contribution in [3.05, 3.63) is 48.0 Å². The summed E-state index contributed by atoms with van der Waals surface area (Å²) in [7, 11) is 4.09. The topological polar surface area (TPSA) is 98.1 Å². The number of carbonyl (C=O) groups is 2. The van der Waals surface area contributed by atoms with Crippen LogP contribution in [0.1, 0.15) is 24.8 Å². The van der Waals surface area contributed by atoms with E-state index < -0.39 is 17.5 Å². The van der Waals surface area contributed by atoms with Crippen molar-refractivity contribution in [1.82, 2.24) is 4.90 Å². The average Bonchev–Trinajstić information content (AvgIpc) is 2.90. The Morgan fingerprint density at radius 1 is 1.13 bits per heavy atom. The highest BCUT2D eigenvalue weighted by Crippen LogP contribution is 2.40. The molecule has 0 amide bonds. The van der Waals surface area contributed by atoms with E-state index >= 15 is 0 Å². The predicted octanol–water partition coefficient (Wildman–Crippen LogP) is 1.70. The van der Waals surface area contributed by atoms with Gasteiger partial charge in [-0.25, -0.2) is 9.59 Å². The summed E-state index contributed by atoms with van der Waals surface area (Å²) in [5.74, 6) is -2.51. The summed E-state index contributed by atoms with van der Waals surface area (Å²) in [5.41, 5.74) is 0.409. The molecule has 23 heavy (non-hydrogen) atoms. The quantitative estimate of drug-likeness (QED) is 0.730. The SMILES string of the molecule is CN(C)[C@H]1CCCC1(O)c1ccccc1.O=C(O)/C=C/C(=O)O. The van der Waals surface area contributed by atoms with Crippen molar-refractivity contribution in [2.24, 2.45) is 0 Å². The molecule has 0 spiro atoms. The van der Waals surface area contributed by atoms with Gasteiger partial charge in [0, 0.05) is 18.2 Å². The predicted molar refractivity (Wildman–Crippen MR) is 86.1 cm³/mol. The van der Waals surface area contributed by atoms with E-state index in [0.29, 0.717) is 12.2 Å². The maximum Gasteiger partial charge on any atom is 0.328 e. The minimum atomic E-state index is -1.26. The Morgan fingerprint density at radius 2 is 1.65 bits per heavy atom. The fraction of sp³-hybridized carbons (Fsp3) is 0.412. The van der Waals surface area contributed by atoms with Gasteiger partial charge in [-0.3, -0.25) is 0 Å². The van der Waals surface area contributed by atoms with E-state index in [-0.39, 0.29) is 6.04 Å². The summed E-state index contributed by atoms with van der Waals surface area (Å²) in [6.45, 7) is 0. The second-order valence-corrected chi connectivity index (χ2v) is 5.67. The Kier molecular flexibility index (Phi) is 6.93. The first kappa shape index (κ1) is 18.9. The molecule has 126 valence electrons. The molecule has 3 N–H and O–H groups in total. The first-order chi connectivity index (χ1) is 10.8. The van der Waals surface area contributed by atoms with Crippen molar-refractivity contribution in [1.29, 1.82) is 0 Å². The van der Waals surface area contributed by atoms with Crippen LogP contribution in [0.3, 0.4) is 0 Å².